The number of carbonyl (C=O) groups excluding carboxylic acids is 1. The number of amides is 1. The summed E-state index contributed by atoms with van der Waals surface area (Å²) >= 11 is 5.58. The van der Waals surface area contributed by atoms with Crippen molar-refractivity contribution >= 4 is 28.3 Å². The number of aryl methyl sites for hydroxylation is 1. The maximum atomic E-state index is 11.4. The van der Waals surface area contributed by atoms with Gasteiger partial charge in [-0.15, -0.1) is 0 Å². The zero-order valence-corrected chi connectivity index (χ0v) is 10.7. The Kier molecular flexibility index (Phi) is 3.85. The number of hydrazine groups is 1. The number of nitrogens with zero attached hydrogens (tertiary/aromatic N) is 1. The normalized spacial score (nSPS) is 9.89. The van der Waals surface area contributed by atoms with Crippen molar-refractivity contribution in [3.63, 3.8) is 0 Å². The van der Waals surface area contributed by atoms with Gasteiger partial charge in [-0.05, 0) is 42.8 Å². The Bertz CT molecular complexity index is 525. The minimum Gasteiger partial charge on any atom is -0.290 e. The molecular formula is C14H13ClN2O. The minimum atomic E-state index is -0.582. The molecule has 0 atom stereocenters. The molecule has 2 aromatic rings. The summed E-state index contributed by atoms with van der Waals surface area (Å²) < 4.78 is 0. The second-order valence-electron chi connectivity index (χ2n) is 3.90. The molecule has 0 radical (unpaired) electrons. The highest BCUT2D eigenvalue weighted by Gasteiger charge is 2.12. The van der Waals surface area contributed by atoms with Crippen LogP contribution in [0.2, 0.25) is 0 Å². The molecule has 0 fully saturated rings. The van der Waals surface area contributed by atoms with Gasteiger partial charge in [0.05, 0.1) is 11.4 Å². The summed E-state index contributed by atoms with van der Waals surface area (Å²) in [5.74, 6) is 0. The second-order valence-corrected chi connectivity index (χ2v) is 4.23. The number of rotatable bonds is 3. The van der Waals surface area contributed by atoms with Crippen LogP contribution >= 0.6 is 11.6 Å². The first-order valence-electron chi connectivity index (χ1n) is 5.55. The highest BCUT2D eigenvalue weighted by molar-refractivity contribution is 6.66. The van der Waals surface area contributed by atoms with Crippen molar-refractivity contribution in [2.24, 2.45) is 0 Å². The van der Waals surface area contributed by atoms with E-state index in [0.717, 1.165) is 11.3 Å². The van der Waals surface area contributed by atoms with E-state index in [-0.39, 0.29) is 0 Å². The van der Waals surface area contributed by atoms with Crippen LogP contribution in [0.5, 0.6) is 0 Å². The molecule has 2 aromatic carbocycles. The quantitative estimate of drug-likeness (QED) is 0.510. The van der Waals surface area contributed by atoms with E-state index in [4.69, 9.17) is 11.6 Å². The Hall–Kier alpha value is -2.00. The summed E-state index contributed by atoms with van der Waals surface area (Å²) in [5.41, 5.74) is 5.63. The van der Waals surface area contributed by atoms with Gasteiger partial charge in [0.25, 0.3) is 0 Å². The number of carbonyl (C=O) groups is 1. The molecule has 18 heavy (non-hydrogen) atoms. The molecule has 0 aliphatic heterocycles. The molecule has 0 bridgehead atoms. The van der Waals surface area contributed by atoms with Crippen molar-refractivity contribution in [2.75, 3.05) is 10.4 Å². The molecule has 92 valence electrons. The minimum absolute atomic E-state index is 0.582. The van der Waals surface area contributed by atoms with Gasteiger partial charge in [0, 0.05) is 0 Å². The first kappa shape index (κ1) is 12.5. The van der Waals surface area contributed by atoms with Gasteiger partial charge in [-0.25, -0.2) is 5.01 Å². The van der Waals surface area contributed by atoms with Crippen LogP contribution in [0, 0.1) is 6.92 Å². The van der Waals surface area contributed by atoms with Crippen LogP contribution in [-0.4, -0.2) is 5.37 Å². The monoisotopic (exact) mass is 260 g/mol. The molecule has 0 spiro atoms. The standard InChI is InChI=1S/C14H13ClN2O/c1-11-7-9-12(10-8-11)16-17(14(15)18)13-5-3-2-4-6-13/h2-10,16H,1H3. The fourth-order valence-corrected chi connectivity index (χ4v) is 1.68. The molecule has 0 heterocycles. The predicted octanol–water partition coefficient (Wildman–Crippen LogP) is 4.19. The lowest BCUT2D eigenvalue weighted by molar-refractivity contribution is 0.265. The van der Waals surface area contributed by atoms with Crippen LogP contribution in [0.4, 0.5) is 16.2 Å². The Labute approximate surface area is 111 Å². The SMILES string of the molecule is Cc1ccc(NN(C(=O)Cl)c2ccccc2)cc1. The smallest absolute Gasteiger partial charge is 0.290 e. The van der Waals surface area contributed by atoms with Gasteiger partial charge in [0.2, 0.25) is 0 Å². The van der Waals surface area contributed by atoms with Gasteiger partial charge in [-0.3, -0.25) is 10.2 Å². The molecule has 4 heteroatoms. The molecule has 1 amide bonds. The van der Waals surface area contributed by atoms with Crippen LogP contribution in [0.3, 0.4) is 0 Å². The maximum absolute atomic E-state index is 11.4. The first-order chi connectivity index (χ1) is 8.66. The van der Waals surface area contributed by atoms with Crippen molar-refractivity contribution in [1.82, 2.24) is 0 Å². The molecule has 1 N–H and O–H groups in total. The third-order valence-corrected chi connectivity index (χ3v) is 2.65. The lowest BCUT2D eigenvalue weighted by Crippen LogP contribution is -2.32. The molecule has 2 rings (SSSR count). The molecule has 0 saturated carbocycles. The van der Waals surface area contributed by atoms with Crippen LogP contribution < -0.4 is 10.4 Å². The van der Waals surface area contributed by atoms with Gasteiger partial charge < -0.3 is 0 Å². The molecule has 0 aliphatic carbocycles. The van der Waals surface area contributed by atoms with Gasteiger partial charge in [-0.1, -0.05) is 35.9 Å². The largest absolute Gasteiger partial charge is 0.339 e. The van der Waals surface area contributed by atoms with E-state index < -0.39 is 5.37 Å². The zero-order chi connectivity index (χ0) is 13.0. The van der Waals surface area contributed by atoms with Crippen LogP contribution in [0.15, 0.2) is 54.6 Å². The van der Waals surface area contributed by atoms with Crippen molar-refractivity contribution in [3.05, 3.63) is 60.2 Å². The third-order valence-electron chi connectivity index (χ3n) is 2.48. The van der Waals surface area contributed by atoms with Crippen molar-refractivity contribution in [3.8, 4) is 0 Å². The lowest BCUT2D eigenvalue weighted by atomic mass is 10.2. The summed E-state index contributed by atoms with van der Waals surface area (Å²) in [6, 6.07) is 16.9. The maximum Gasteiger partial charge on any atom is 0.339 e. The average Bonchev–Trinajstić information content (AvgIpc) is 2.38. The summed E-state index contributed by atoms with van der Waals surface area (Å²) in [5, 5.41) is 0.716. The van der Waals surface area contributed by atoms with Crippen molar-refractivity contribution in [1.29, 1.82) is 0 Å². The van der Waals surface area contributed by atoms with Crippen LogP contribution in [0.1, 0.15) is 5.56 Å². The summed E-state index contributed by atoms with van der Waals surface area (Å²) in [4.78, 5) is 11.4. The first-order valence-corrected chi connectivity index (χ1v) is 5.92. The molecule has 0 aliphatic rings. The molecular weight excluding hydrogens is 248 g/mol. The number of anilines is 2. The number of para-hydroxylation sites is 1. The summed E-state index contributed by atoms with van der Waals surface area (Å²) in [6.07, 6.45) is 0. The topological polar surface area (TPSA) is 32.3 Å². The van der Waals surface area contributed by atoms with Crippen molar-refractivity contribution in [2.45, 2.75) is 6.92 Å². The molecule has 3 nitrogen and oxygen atoms in total. The Morgan fingerprint density at radius 3 is 2.22 bits per heavy atom. The van der Waals surface area contributed by atoms with Gasteiger partial charge in [-0.2, -0.15) is 0 Å². The Balaban J connectivity index is 2.22. The number of halogens is 1. The van der Waals surface area contributed by atoms with E-state index in [9.17, 15) is 4.79 Å². The summed E-state index contributed by atoms with van der Waals surface area (Å²) in [7, 11) is 0. The number of hydrogen-bond acceptors (Lipinski definition) is 2. The van der Waals surface area contributed by atoms with E-state index in [1.54, 1.807) is 0 Å². The number of hydrogen-bond donors (Lipinski definition) is 1. The van der Waals surface area contributed by atoms with E-state index >= 15 is 0 Å². The highest BCUT2D eigenvalue weighted by Crippen LogP contribution is 2.18. The predicted molar refractivity (Wildman–Crippen MR) is 75.0 cm³/mol. The van der Waals surface area contributed by atoms with Gasteiger partial charge >= 0.3 is 5.37 Å². The van der Waals surface area contributed by atoms with E-state index in [0.29, 0.717) is 5.69 Å². The molecule has 0 saturated heterocycles. The zero-order valence-electron chi connectivity index (χ0n) is 9.93. The van der Waals surface area contributed by atoms with Crippen LogP contribution in [-0.2, 0) is 0 Å². The lowest BCUT2D eigenvalue weighted by Gasteiger charge is -2.21. The number of benzene rings is 2. The fraction of sp³-hybridized carbons (Fsp3) is 0.0714. The van der Waals surface area contributed by atoms with Crippen LogP contribution in [0.25, 0.3) is 0 Å². The van der Waals surface area contributed by atoms with E-state index in [1.165, 1.54) is 5.01 Å². The molecule has 0 unspecified atom stereocenters. The number of nitrogens with one attached hydrogen (secondary N) is 1. The van der Waals surface area contributed by atoms with E-state index in [1.807, 2.05) is 61.5 Å². The van der Waals surface area contributed by atoms with Crippen molar-refractivity contribution < 1.29 is 4.79 Å². The third kappa shape index (κ3) is 3.02. The summed E-state index contributed by atoms with van der Waals surface area (Å²) in [6.45, 7) is 2.01. The average molecular weight is 261 g/mol. The Morgan fingerprint density at radius 2 is 1.67 bits per heavy atom. The Morgan fingerprint density at radius 1 is 1.06 bits per heavy atom. The molecule has 0 aromatic heterocycles. The highest BCUT2D eigenvalue weighted by atomic mass is 35.5. The van der Waals surface area contributed by atoms with Gasteiger partial charge in [0.1, 0.15) is 0 Å². The van der Waals surface area contributed by atoms with Gasteiger partial charge in [0.15, 0.2) is 0 Å². The van der Waals surface area contributed by atoms with E-state index in [2.05, 4.69) is 5.43 Å². The fourth-order valence-electron chi connectivity index (χ4n) is 1.54. The second kappa shape index (κ2) is 5.56.